The van der Waals surface area contributed by atoms with Crippen LogP contribution in [0.3, 0.4) is 0 Å². The maximum atomic E-state index is 11.8. The topological polar surface area (TPSA) is 66.4 Å². The van der Waals surface area contributed by atoms with Gasteiger partial charge in [0.25, 0.3) is 0 Å². The van der Waals surface area contributed by atoms with Crippen LogP contribution in [-0.2, 0) is 20.8 Å². The highest BCUT2D eigenvalue weighted by molar-refractivity contribution is 9.11. The number of oxime groups is 1. The van der Waals surface area contributed by atoms with Crippen LogP contribution in [-0.4, -0.2) is 32.0 Å². The Morgan fingerprint density at radius 3 is 2.37 bits per heavy atom. The lowest BCUT2D eigenvalue weighted by molar-refractivity contribution is -0.156. The van der Waals surface area contributed by atoms with Gasteiger partial charge < -0.3 is 19.0 Å². The molecule has 0 aliphatic carbocycles. The van der Waals surface area contributed by atoms with Crippen LogP contribution in [0, 0.1) is 0 Å². The highest BCUT2D eigenvalue weighted by atomic mass is 79.9. The van der Waals surface area contributed by atoms with Gasteiger partial charge in [0.2, 0.25) is 6.10 Å². The molecule has 0 N–H and O–H groups in total. The molecule has 0 saturated carbocycles. The maximum Gasteiger partial charge on any atom is 0.350 e. The fourth-order valence-corrected chi connectivity index (χ4v) is 4.71. The number of carbonyl (C=O) groups is 1. The zero-order valence-electron chi connectivity index (χ0n) is 19.8. The summed E-state index contributed by atoms with van der Waals surface area (Å²) in [5.41, 5.74) is 2.97. The second kappa shape index (κ2) is 13.3. The predicted octanol–water partition coefficient (Wildman–Crippen LogP) is 7.30. The molecule has 3 aromatic rings. The molecule has 0 aliphatic rings. The Morgan fingerprint density at radius 1 is 1.03 bits per heavy atom. The number of benzene rings is 3. The van der Waals surface area contributed by atoms with Gasteiger partial charge in [-0.1, -0.05) is 42.4 Å². The molecule has 0 heterocycles. The number of rotatable bonds is 11. The molecule has 1 atom stereocenters. The van der Waals surface area contributed by atoms with Gasteiger partial charge in [0, 0.05) is 12.0 Å². The van der Waals surface area contributed by atoms with Crippen molar-refractivity contribution < 1.29 is 23.8 Å². The minimum absolute atomic E-state index is 0.297. The van der Waals surface area contributed by atoms with E-state index in [-0.39, 0.29) is 0 Å². The Kier molecular flexibility index (Phi) is 10.2. The fraction of sp³-hybridized carbons (Fsp3) is 0.259. The molecule has 3 aromatic carbocycles. The summed E-state index contributed by atoms with van der Waals surface area (Å²) in [5.74, 6) is 1.68. The van der Waals surface area contributed by atoms with Crippen molar-refractivity contribution in [2.45, 2.75) is 32.8 Å². The normalized spacial score (nSPS) is 11.8. The van der Waals surface area contributed by atoms with E-state index < -0.39 is 12.1 Å². The molecule has 0 fully saturated rings. The Bertz CT molecular complexity index is 1140. The molecule has 1 unspecified atom stereocenters. The van der Waals surface area contributed by atoms with Crippen LogP contribution in [0.25, 0.3) is 0 Å². The third kappa shape index (κ3) is 7.57. The number of halogens is 2. The second-order valence-electron chi connectivity index (χ2n) is 7.54. The highest BCUT2D eigenvalue weighted by Gasteiger charge is 2.19. The Labute approximate surface area is 222 Å². The van der Waals surface area contributed by atoms with E-state index in [1.54, 1.807) is 14.0 Å². The molecule has 0 radical (unpaired) electrons. The van der Waals surface area contributed by atoms with E-state index >= 15 is 0 Å². The Balaban J connectivity index is 1.75. The minimum Gasteiger partial charge on any atom is -0.496 e. The van der Waals surface area contributed by atoms with E-state index in [0.717, 1.165) is 32.2 Å². The Morgan fingerprint density at radius 2 is 1.74 bits per heavy atom. The number of nitrogens with zero attached hydrogens (tertiary/aromatic N) is 1. The Hall–Kier alpha value is -2.84. The van der Waals surface area contributed by atoms with Gasteiger partial charge in [0.1, 0.15) is 11.5 Å². The molecule has 0 spiro atoms. The first-order valence-electron chi connectivity index (χ1n) is 11.2. The molecule has 0 aromatic heterocycles. The number of carbonyl (C=O) groups excluding carboxylic acids is 1. The van der Waals surface area contributed by atoms with E-state index in [0.29, 0.717) is 24.5 Å². The molecule has 6 nitrogen and oxygen atoms in total. The molecular formula is C27H27Br2NO5. The van der Waals surface area contributed by atoms with Crippen molar-refractivity contribution in [1.29, 1.82) is 0 Å². The van der Waals surface area contributed by atoms with Crippen LogP contribution < -0.4 is 9.47 Å². The number of esters is 1. The quantitative estimate of drug-likeness (QED) is 0.131. The summed E-state index contributed by atoms with van der Waals surface area (Å²) < 4.78 is 18.2. The number of ether oxygens (including phenoxy) is 3. The first kappa shape index (κ1) is 26.8. The second-order valence-corrected chi connectivity index (χ2v) is 9.25. The summed E-state index contributed by atoms with van der Waals surface area (Å²) in [4.78, 5) is 17.2. The molecule has 184 valence electrons. The zero-order valence-corrected chi connectivity index (χ0v) is 23.0. The summed E-state index contributed by atoms with van der Waals surface area (Å²) in [6.45, 7) is 3.88. The molecule has 35 heavy (non-hydrogen) atoms. The maximum absolute atomic E-state index is 11.8. The fourth-order valence-electron chi connectivity index (χ4n) is 3.33. The van der Waals surface area contributed by atoms with Crippen LogP contribution >= 0.6 is 31.9 Å². The van der Waals surface area contributed by atoms with Gasteiger partial charge in [-0.05, 0) is 86.7 Å². The standard InChI is InChI=1S/C27H27Br2NO5/c1-4-24(27(31)33-5-2)35-30-17-19-14-22(28)26(23(29)15-19)34-21-11-12-25(32-3)20(16-21)13-18-9-7-6-8-10-18/h6-12,14-17,24H,4-5,13H2,1-3H3/b30-17+. The largest absolute Gasteiger partial charge is 0.496 e. The summed E-state index contributed by atoms with van der Waals surface area (Å²) >= 11 is 7.16. The van der Waals surface area contributed by atoms with Crippen LogP contribution in [0.1, 0.15) is 37.0 Å². The molecule has 3 rings (SSSR count). The zero-order chi connectivity index (χ0) is 25.2. The van der Waals surface area contributed by atoms with Crippen molar-refractivity contribution in [3.63, 3.8) is 0 Å². The molecular weight excluding hydrogens is 578 g/mol. The predicted molar refractivity (Wildman–Crippen MR) is 144 cm³/mol. The molecule has 0 bridgehead atoms. The first-order chi connectivity index (χ1) is 16.9. The van der Waals surface area contributed by atoms with E-state index in [1.165, 1.54) is 11.8 Å². The lowest BCUT2D eigenvalue weighted by atomic mass is 10.0. The van der Waals surface area contributed by atoms with Crippen molar-refractivity contribution >= 4 is 44.0 Å². The van der Waals surface area contributed by atoms with Gasteiger partial charge >= 0.3 is 5.97 Å². The number of methoxy groups -OCH3 is 1. The molecule has 0 amide bonds. The van der Waals surface area contributed by atoms with E-state index in [1.807, 2.05) is 55.5 Å². The minimum atomic E-state index is -0.735. The van der Waals surface area contributed by atoms with Crippen LogP contribution in [0.15, 0.2) is 74.8 Å². The van der Waals surface area contributed by atoms with Gasteiger partial charge in [0.05, 0.1) is 28.9 Å². The van der Waals surface area contributed by atoms with Crippen molar-refractivity contribution in [1.82, 2.24) is 0 Å². The van der Waals surface area contributed by atoms with E-state index in [2.05, 4.69) is 49.1 Å². The summed E-state index contributed by atoms with van der Waals surface area (Å²) in [6, 6.07) is 19.7. The van der Waals surface area contributed by atoms with Crippen LogP contribution in [0.2, 0.25) is 0 Å². The number of hydrogen-bond donors (Lipinski definition) is 0. The highest BCUT2D eigenvalue weighted by Crippen LogP contribution is 2.39. The van der Waals surface area contributed by atoms with Crippen molar-refractivity contribution in [3.8, 4) is 17.2 Å². The SMILES string of the molecule is CCOC(=O)C(CC)O/N=C/c1cc(Br)c(Oc2ccc(OC)c(Cc3ccccc3)c2)c(Br)c1. The van der Waals surface area contributed by atoms with Gasteiger partial charge in [-0.3, -0.25) is 0 Å². The average Bonchev–Trinajstić information content (AvgIpc) is 2.85. The van der Waals surface area contributed by atoms with E-state index in [9.17, 15) is 4.79 Å². The average molecular weight is 605 g/mol. The van der Waals surface area contributed by atoms with Gasteiger partial charge in [-0.15, -0.1) is 0 Å². The van der Waals surface area contributed by atoms with Gasteiger partial charge in [0.15, 0.2) is 5.75 Å². The summed E-state index contributed by atoms with van der Waals surface area (Å²) in [7, 11) is 1.66. The molecule has 8 heteroatoms. The van der Waals surface area contributed by atoms with Crippen molar-refractivity contribution in [2.75, 3.05) is 13.7 Å². The summed E-state index contributed by atoms with van der Waals surface area (Å²) in [5, 5.41) is 3.96. The van der Waals surface area contributed by atoms with Crippen LogP contribution in [0.5, 0.6) is 17.2 Å². The summed E-state index contributed by atoms with van der Waals surface area (Å²) in [6.07, 6.45) is 1.99. The number of hydrogen-bond acceptors (Lipinski definition) is 6. The molecule has 0 aliphatic heterocycles. The lowest BCUT2D eigenvalue weighted by Crippen LogP contribution is -2.24. The first-order valence-corrected chi connectivity index (χ1v) is 12.8. The van der Waals surface area contributed by atoms with Gasteiger partial charge in [-0.2, -0.15) is 0 Å². The molecule has 0 saturated heterocycles. The third-order valence-corrected chi connectivity index (χ3v) is 6.22. The van der Waals surface area contributed by atoms with Crippen molar-refractivity contribution in [2.24, 2.45) is 5.16 Å². The van der Waals surface area contributed by atoms with Crippen LogP contribution in [0.4, 0.5) is 0 Å². The van der Waals surface area contributed by atoms with Gasteiger partial charge in [-0.25, -0.2) is 4.79 Å². The van der Waals surface area contributed by atoms with Crippen molar-refractivity contribution in [3.05, 3.63) is 86.3 Å². The smallest absolute Gasteiger partial charge is 0.350 e. The monoisotopic (exact) mass is 603 g/mol. The third-order valence-electron chi connectivity index (χ3n) is 5.04. The van der Waals surface area contributed by atoms with E-state index in [4.69, 9.17) is 19.0 Å². The lowest BCUT2D eigenvalue weighted by Gasteiger charge is -2.14.